The summed E-state index contributed by atoms with van der Waals surface area (Å²) in [4.78, 5) is 20.7. The summed E-state index contributed by atoms with van der Waals surface area (Å²) in [5.41, 5.74) is 2.88. The van der Waals surface area contributed by atoms with E-state index in [-0.39, 0.29) is 23.8 Å². The molecular formula is C22H17ClF2N8O. The van der Waals surface area contributed by atoms with Crippen LogP contribution in [0.3, 0.4) is 0 Å². The van der Waals surface area contributed by atoms with Crippen LogP contribution in [0.1, 0.15) is 17.7 Å². The number of aryl methyl sites for hydroxylation is 1. The Kier molecular flexibility index (Phi) is 4.63. The SMILES string of the molecule is Cc1ccn(Cc2c(F)c(Cl)c(-c3cn4cc(NC(=O)[C@@H]5C[C@@H]5F)nc4cn3)c3cn[nH]c23)n1. The Morgan fingerprint density at radius 3 is 2.91 bits per heavy atom. The molecule has 0 spiro atoms. The second-order valence-electron chi connectivity index (χ2n) is 8.31. The standard InChI is InChI=1S/C22H17ClF2N8O/c1-10-2-3-33(31-10)7-13-20(25)19(23)18(12-5-27-30-21(12)13)15-8-32-9-16(28-17(32)6-26-15)29-22(34)11-4-14(11)24/h2-3,5-6,8-9,11,14H,4,7H2,1H3,(H,27,30)(H,29,34)/t11-,14+/m1/s1. The van der Waals surface area contributed by atoms with Crippen LogP contribution in [-0.4, -0.2) is 46.4 Å². The van der Waals surface area contributed by atoms with E-state index in [9.17, 15) is 9.18 Å². The Labute approximate surface area is 195 Å². The maximum atomic E-state index is 15.5. The number of nitrogens with zero attached hydrogens (tertiary/aromatic N) is 6. The van der Waals surface area contributed by atoms with Crippen molar-refractivity contribution in [3.05, 3.63) is 59.1 Å². The molecule has 0 saturated heterocycles. The predicted octanol–water partition coefficient (Wildman–Crippen LogP) is 3.91. The molecule has 2 N–H and O–H groups in total. The number of rotatable bonds is 5. The van der Waals surface area contributed by atoms with E-state index < -0.39 is 23.8 Å². The van der Waals surface area contributed by atoms with Crippen LogP contribution in [0, 0.1) is 18.7 Å². The molecule has 2 atom stereocenters. The number of carbonyl (C=O) groups excluding carboxylic acids is 1. The topological polar surface area (TPSA) is 106 Å². The third kappa shape index (κ3) is 3.39. The number of halogens is 3. The molecule has 172 valence electrons. The van der Waals surface area contributed by atoms with Crippen molar-refractivity contribution in [3.8, 4) is 11.3 Å². The van der Waals surface area contributed by atoms with Crippen LogP contribution in [0.5, 0.6) is 0 Å². The van der Waals surface area contributed by atoms with Gasteiger partial charge in [0.15, 0.2) is 11.5 Å². The van der Waals surface area contributed by atoms with E-state index in [0.717, 1.165) is 5.69 Å². The van der Waals surface area contributed by atoms with Crippen molar-refractivity contribution < 1.29 is 13.6 Å². The average molecular weight is 483 g/mol. The summed E-state index contributed by atoms with van der Waals surface area (Å²) >= 11 is 6.52. The second kappa shape index (κ2) is 7.59. The fourth-order valence-electron chi connectivity index (χ4n) is 4.03. The van der Waals surface area contributed by atoms with Crippen molar-refractivity contribution in [1.82, 2.24) is 34.3 Å². The van der Waals surface area contributed by atoms with Gasteiger partial charge in [0.05, 0.1) is 53.0 Å². The van der Waals surface area contributed by atoms with E-state index in [1.807, 2.05) is 13.0 Å². The van der Waals surface area contributed by atoms with Crippen molar-refractivity contribution in [2.45, 2.75) is 26.1 Å². The molecule has 1 amide bonds. The summed E-state index contributed by atoms with van der Waals surface area (Å²) in [7, 11) is 0. The van der Waals surface area contributed by atoms with Crippen LogP contribution >= 0.6 is 11.6 Å². The number of amides is 1. The molecule has 0 radical (unpaired) electrons. The highest BCUT2D eigenvalue weighted by molar-refractivity contribution is 6.35. The maximum absolute atomic E-state index is 15.5. The molecule has 0 unspecified atom stereocenters. The fourth-order valence-corrected chi connectivity index (χ4v) is 4.34. The number of aromatic amines is 1. The van der Waals surface area contributed by atoms with Crippen molar-refractivity contribution in [2.75, 3.05) is 5.32 Å². The zero-order valence-electron chi connectivity index (χ0n) is 17.8. The first-order valence-electron chi connectivity index (χ1n) is 10.5. The van der Waals surface area contributed by atoms with Gasteiger partial charge in [0.2, 0.25) is 5.91 Å². The number of fused-ring (bicyclic) bond motifs is 2. The minimum atomic E-state index is -1.10. The number of anilines is 1. The van der Waals surface area contributed by atoms with E-state index in [4.69, 9.17) is 11.6 Å². The van der Waals surface area contributed by atoms with Crippen molar-refractivity contribution in [1.29, 1.82) is 0 Å². The van der Waals surface area contributed by atoms with E-state index >= 15 is 4.39 Å². The Bertz CT molecular complexity index is 1590. The monoisotopic (exact) mass is 482 g/mol. The molecule has 0 bridgehead atoms. The van der Waals surface area contributed by atoms with Gasteiger partial charge < -0.3 is 9.72 Å². The normalized spacial score (nSPS) is 17.5. The molecule has 1 aliphatic carbocycles. The van der Waals surface area contributed by atoms with Crippen LogP contribution in [0.4, 0.5) is 14.6 Å². The molecule has 9 nitrogen and oxygen atoms in total. The summed E-state index contributed by atoms with van der Waals surface area (Å²) in [5, 5.41) is 14.4. The number of benzene rings is 1. The number of hydrogen-bond donors (Lipinski definition) is 2. The highest BCUT2D eigenvalue weighted by Gasteiger charge is 2.43. The number of nitrogens with one attached hydrogen (secondary N) is 2. The van der Waals surface area contributed by atoms with E-state index in [1.54, 1.807) is 33.9 Å². The molecule has 6 rings (SSSR count). The van der Waals surface area contributed by atoms with Crippen molar-refractivity contribution in [3.63, 3.8) is 0 Å². The van der Waals surface area contributed by atoms with Crippen LogP contribution in [-0.2, 0) is 11.3 Å². The molecule has 0 aliphatic heterocycles. The molecular weight excluding hydrogens is 466 g/mol. The van der Waals surface area contributed by atoms with Crippen LogP contribution in [0.25, 0.3) is 27.8 Å². The van der Waals surface area contributed by atoms with Crippen LogP contribution in [0.2, 0.25) is 5.02 Å². The number of hydrogen-bond acceptors (Lipinski definition) is 5. The zero-order valence-corrected chi connectivity index (χ0v) is 18.5. The highest BCUT2D eigenvalue weighted by atomic mass is 35.5. The highest BCUT2D eigenvalue weighted by Crippen LogP contribution is 2.39. The molecule has 1 aromatic carbocycles. The summed E-state index contributed by atoms with van der Waals surface area (Å²) < 4.78 is 31.9. The van der Waals surface area contributed by atoms with Crippen molar-refractivity contribution >= 4 is 39.9 Å². The largest absolute Gasteiger partial charge is 0.309 e. The predicted molar refractivity (Wildman–Crippen MR) is 121 cm³/mol. The van der Waals surface area contributed by atoms with E-state index in [0.29, 0.717) is 33.4 Å². The Balaban J connectivity index is 1.40. The number of H-pyrrole nitrogens is 1. The van der Waals surface area contributed by atoms with Crippen LogP contribution < -0.4 is 5.32 Å². The molecule has 1 aliphatic rings. The van der Waals surface area contributed by atoms with Gasteiger partial charge in [-0.1, -0.05) is 11.6 Å². The Morgan fingerprint density at radius 1 is 1.35 bits per heavy atom. The number of imidazole rings is 1. The molecule has 5 aromatic rings. The van der Waals surface area contributed by atoms with Gasteiger partial charge in [-0.15, -0.1) is 0 Å². The summed E-state index contributed by atoms with van der Waals surface area (Å²) in [6.07, 6.45) is 7.17. The first-order chi connectivity index (χ1) is 16.4. The first-order valence-corrected chi connectivity index (χ1v) is 10.9. The van der Waals surface area contributed by atoms with Gasteiger partial charge in [-0.3, -0.25) is 19.6 Å². The maximum Gasteiger partial charge on any atom is 0.231 e. The lowest BCUT2D eigenvalue weighted by atomic mass is 10.0. The summed E-state index contributed by atoms with van der Waals surface area (Å²) in [5.74, 6) is -1.35. The fraction of sp³-hybridized carbons (Fsp3) is 0.227. The summed E-state index contributed by atoms with van der Waals surface area (Å²) in [6.45, 7) is 2.03. The molecule has 12 heteroatoms. The van der Waals surface area contributed by atoms with Gasteiger partial charge in [0.1, 0.15) is 12.0 Å². The van der Waals surface area contributed by atoms with Crippen molar-refractivity contribution in [2.24, 2.45) is 5.92 Å². The molecule has 1 fully saturated rings. The second-order valence-corrected chi connectivity index (χ2v) is 8.68. The van der Waals surface area contributed by atoms with Gasteiger partial charge in [-0.25, -0.2) is 13.8 Å². The number of aromatic nitrogens is 7. The van der Waals surface area contributed by atoms with Gasteiger partial charge in [-0.05, 0) is 19.4 Å². The minimum absolute atomic E-state index is 0.0870. The van der Waals surface area contributed by atoms with Gasteiger partial charge in [0.25, 0.3) is 0 Å². The number of alkyl halides is 1. The lowest BCUT2D eigenvalue weighted by Gasteiger charge is -2.12. The van der Waals surface area contributed by atoms with E-state index in [1.165, 1.54) is 6.20 Å². The van der Waals surface area contributed by atoms with Gasteiger partial charge in [0, 0.05) is 28.9 Å². The van der Waals surface area contributed by atoms with Gasteiger partial charge >= 0.3 is 0 Å². The Morgan fingerprint density at radius 2 is 2.18 bits per heavy atom. The number of carbonyl (C=O) groups is 1. The van der Waals surface area contributed by atoms with Crippen LogP contribution in [0.15, 0.2) is 37.1 Å². The third-order valence-electron chi connectivity index (χ3n) is 5.88. The van der Waals surface area contributed by atoms with Gasteiger partial charge in [-0.2, -0.15) is 10.2 Å². The lowest BCUT2D eigenvalue weighted by molar-refractivity contribution is -0.117. The Hall–Kier alpha value is -3.86. The minimum Gasteiger partial charge on any atom is -0.309 e. The van der Waals surface area contributed by atoms with E-state index in [2.05, 4.69) is 30.6 Å². The molecule has 4 aromatic heterocycles. The quantitative estimate of drug-likeness (QED) is 0.395. The summed E-state index contributed by atoms with van der Waals surface area (Å²) in [6, 6.07) is 1.83. The molecule has 4 heterocycles. The lowest BCUT2D eigenvalue weighted by Crippen LogP contribution is -2.15. The molecule has 34 heavy (non-hydrogen) atoms. The molecule has 1 saturated carbocycles. The zero-order chi connectivity index (χ0) is 23.6. The first kappa shape index (κ1) is 20.7. The average Bonchev–Trinajstić information content (AvgIpc) is 3.17. The smallest absolute Gasteiger partial charge is 0.231 e. The third-order valence-corrected chi connectivity index (χ3v) is 6.23.